The molecule has 0 atom stereocenters. The van der Waals surface area contributed by atoms with E-state index in [1.807, 2.05) is 31.2 Å². The fourth-order valence-corrected chi connectivity index (χ4v) is 2.06. The van der Waals surface area contributed by atoms with E-state index in [1.54, 1.807) is 18.2 Å². The number of hydrogen-bond donors (Lipinski definition) is 2. The van der Waals surface area contributed by atoms with Crippen LogP contribution in [0.1, 0.15) is 11.1 Å². The number of hydrogen-bond acceptors (Lipinski definition) is 2. The van der Waals surface area contributed by atoms with Crippen LogP contribution in [0.3, 0.4) is 0 Å². The summed E-state index contributed by atoms with van der Waals surface area (Å²) in [4.78, 5) is 12.0. The van der Waals surface area contributed by atoms with Crippen molar-refractivity contribution in [3.05, 3.63) is 58.6 Å². The minimum absolute atomic E-state index is 0.0941. The number of halogens is 1. The summed E-state index contributed by atoms with van der Waals surface area (Å²) in [7, 11) is 0. The van der Waals surface area contributed by atoms with E-state index in [0.29, 0.717) is 10.7 Å². The molecule has 0 radical (unpaired) electrons. The van der Waals surface area contributed by atoms with Gasteiger partial charge in [-0.2, -0.15) is 0 Å². The monoisotopic (exact) mass is 274 g/mol. The molecule has 0 bridgehead atoms. The second-order valence-corrected chi connectivity index (χ2v) is 4.82. The lowest BCUT2D eigenvalue weighted by Crippen LogP contribution is -2.15. The Kier molecular flexibility index (Phi) is 4.07. The SMILES string of the molecule is Cc1cc(Cl)ccc1NC(=O)Cc1ccccc1N. The first-order valence-electron chi connectivity index (χ1n) is 5.95. The van der Waals surface area contributed by atoms with Crippen LogP contribution < -0.4 is 11.1 Å². The van der Waals surface area contributed by atoms with Gasteiger partial charge in [-0.15, -0.1) is 0 Å². The number of carbonyl (C=O) groups is 1. The fraction of sp³-hybridized carbons (Fsp3) is 0.133. The molecule has 0 aromatic heterocycles. The van der Waals surface area contributed by atoms with Gasteiger partial charge in [-0.05, 0) is 42.3 Å². The maximum atomic E-state index is 12.0. The molecule has 0 fully saturated rings. The van der Waals surface area contributed by atoms with E-state index >= 15 is 0 Å². The molecule has 0 saturated carbocycles. The zero-order valence-electron chi connectivity index (χ0n) is 10.6. The average Bonchev–Trinajstić information content (AvgIpc) is 2.36. The van der Waals surface area contributed by atoms with Crippen molar-refractivity contribution in [1.82, 2.24) is 0 Å². The highest BCUT2D eigenvalue weighted by molar-refractivity contribution is 6.30. The smallest absolute Gasteiger partial charge is 0.228 e. The molecule has 4 heteroatoms. The summed E-state index contributed by atoms with van der Waals surface area (Å²) >= 11 is 5.87. The predicted octanol–water partition coefficient (Wildman–Crippen LogP) is 3.41. The molecule has 98 valence electrons. The van der Waals surface area contributed by atoms with Gasteiger partial charge in [-0.25, -0.2) is 0 Å². The Labute approximate surface area is 117 Å². The van der Waals surface area contributed by atoms with E-state index in [4.69, 9.17) is 17.3 Å². The van der Waals surface area contributed by atoms with Crippen molar-refractivity contribution in [3.63, 3.8) is 0 Å². The van der Waals surface area contributed by atoms with Crippen LogP contribution in [0, 0.1) is 6.92 Å². The third-order valence-electron chi connectivity index (χ3n) is 2.87. The quantitative estimate of drug-likeness (QED) is 0.843. The summed E-state index contributed by atoms with van der Waals surface area (Å²) in [5.74, 6) is -0.0941. The van der Waals surface area contributed by atoms with Crippen LogP contribution in [0.5, 0.6) is 0 Å². The van der Waals surface area contributed by atoms with Crippen molar-refractivity contribution in [3.8, 4) is 0 Å². The molecule has 0 spiro atoms. The Bertz CT molecular complexity index is 611. The molecule has 2 aromatic rings. The maximum absolute atomic E-state index is 12.0. The van der Waals surface area contributed by atoms with Gasteiger partial charge in [0.2, 0.25) is 5.91 Å². The molecule has 3 nitrogen and oxygen atoms in total. The third kappa shape index (κ3) is 3.48. The Morgan fingerprint density at radius 1 is 1.26 bits per heavy atom. The zero-order valence-corrected chi connectivity index (χ0v) is 11.4. The van der Waals surface area contributed by atoms with Crippen LogP contribution in [0.4, 0.5) is 11.4 Å². The number of nitrogen functional groups attached to an aromatic ring is 1. The van der Waals surface area contributed by atoms with Crippen molar-refractivity contribution in [2.45, 2.75) is 13.3 Å². The highest BCUT2D eigenvalue weighted by Crippen LogP contribution is 2.20. The Balaban J connectivity index is 2.08. The summed E-state index contributed by atoms with van der Waals surface area (Å²) in [5.41, 5.74) is 8.97. The van der Waals surface area contributed by atoms with E-state index in [2.05, 4.69) is 5.32 Å². The maximum Gasteiger partial charge on any atom is 0.228 e. The number of nitrogens with one attached hydrogen (secondary N) is 1. The normalized spacial score (nSPS) is 10.2. The summed E-state index contributed by atoms with van der Waals surface area (Å²) < 4.78 is 0. The van der Waals surface area contributed by atoms with Gasteiger partial charge in [0, 0.05) is 16.4 Å². The van der Waals surface area contributed by atoms with Crippen LogP contribution in [-0.2, 0) is 11.2 Å². The predicted molar refractivity (Wildman–Crippen MR) is 79.4 cm³/mol. The van der Waals surface area contributed by atoms with Crippen molar-refractivity contribution >= 4 is 28.9 Å². The number of rotatable bonds is 3. The minimum Gasteiger partial charge on any atom is -0.398 e. The molecule has 2 aromatic carbocycles. The lowest BCUT2D eigenvalue weighted by molar-refractivity contribution is -0.115. The Morgan fingerprint density at radius 2 is 2.00 bits per heavy atom. The lowest BCUT2D eigenvalue weighted by Gasteiger charge is -2.09. The van der Waals surface area contributed by atoms with Gasteiger partial charge >= 0.3 is 0 Å². The van der Waals surface area contributed by atoms with E-state index < -0.39 is 0 Å². The first-order chi connectivity index (χ1) is 9.06. The van der Waals surface area contributed by atoms with Crippen LogP contribution in [-0.4, -0.2) is 5.91 Å². The van der Waals surface area contributed by atoms with Gasteiger partial charge < -0.3 is 11.1 Å². The summed E-state index contributed by atoms with van der Waals surface area (Å²) in [6.07, 6.45) is 0.259. The highest BCUT2D eigenvalue weighted by atomic mass is 35.5. The van der Waals surface area contributed by atoms with Gasteiger partial charge in [0.25, 0.3) is 0 Å². The van der Waals surface area contributed by atoms with Crippen LogP contribution in [0.25, 0.3) is 0 Å². The molecular formula is C15H15ClN2O. The first kappa shape index (κ1) is 13.4. The molecule has 0 heterocycles. The third-order valence-corrected chi connectivity index (χ3v) is 3.10. The molecule has 3 N–H and O–H groups in total. The Hall–Kier alpha value is -2.00. The molecule has 0 unspecified atom stereocenters. The first-order valence-corrected chi connectivity index (χ1v) is 6.33. The fourth-order valence-electron chi connectivity index (χ4n) is 1.83. The van der Waals surface area contributed by atoms with Crippen LogP contribution >= 0.6 is 11.6 Å². The summed E-state index contributed by atoms with van der Waals surface area (Å²) in [5, 5.41) is 3.52. The second kappa shape index (κ2) is 5.76. The molecule has 2 rings (SSSR count). The van der Waals surface area contributed by atoms with Gasteiger partial charge in [0.15, 0.2) is 0 Å². The van der Waals surface area contributed by atoms with Crippen LogP contribution in [0.2, 0.25) is 5.02 Å². The number of carbonyl (C=O) groups excluding carboxylic acids is 1. The van der Waals surface area contributed by atoms with Crippen LogP contribution in [0.15, 0.2) is 42.5 Å². The minimum atomic E-state index is -0.0941. The molecule has 19 heavy (non-hydrogen) atoms. The highest BCUT2D eigenvalue weighted by Gasteiger charge is 2.08. The van der Waals surface area contributed by atoms with Gasteiger partial charge in [-0.3, -0.25) is 4.79 Å². The number of anilines is 2. The average molecular weight is 275 g/mol. The second-order valence-electron chi connectivity index (χ2n) is 4.38. The molecule has 0 aliphatic carbocycles. The number of benzene rings is 2. The van der Waals surface area contributed by atoms with Crippen molar-refractivity contribution in [2.24, 2.45) is 0 Å². The van der Waals surface area contributed by atoms with Crippen molar-refractivity contribution in [2.75, 3.05) is 11.1 Å². The summed E-state index contributed by atoms with van der Waals surface area (Å²) in [6.45, 7) is 1.90. The van der Waals surface area contributed by atoms with Gasteiger partial charge in [-0.1, -0.05) is 29.8 Å². The molecule has 1 amide bonds. The Morgan fingerprint density at radius 3 is 2.68 bits per heavy atom. The number of aryl methyl sites for hydroxylation is 1. The largest absolute Gasteiger partial charge is 0.398 e. The van der Waals surface area contributed by atoms with E-state index in [-0.39, 0.29) is 12.3 Å². The number of para-hydroxylation sites is 1. The van der Waals surface area contributed by atoms with Crippen molar-refractivity contribution in [1.29, 1.82) is 0 Å². The molecule has 0 saturated heterocycles. The topological polar surface area (TPSA) is 55.1 Å². The van der Waals surface area contributed by atoms with E-state index in [9.17, 15) is 4.79 Å². The van der Waals surface area contributed by atoms with Crippen molar-refractivity contribution < 1.29 is 4.79 Å². The standard InChI is InChI=1S/C15H15ClN2O/c1-10-8-12(16)6-7-14(10)18-15(19)9-11-4-2-3-5-13(11)17/h2-8H,9,17H2,1H3,(H,18,19). The molecule has 0 aliphatic rings. The van der Waals surface area contributed by atoms with Gasteiger partial charge in [0.05, 0.1) is 6.42 Å². The number of amides is 1. The van der Waals surface area contributed by atoms with E-state index in [1.165, 1.54) is 0 Å². The molecular weight excluding hydrogens is 260 g/mol. The summed E-state index contributed by atoms with van der Waals surface area (Å²) in [6, 6.07) is 12.7. The van der Waals surface area contributed by atoms with Gasteiger partial charge in [0.1, 0.15) is 0 Å². The zero-order chi connectivity index (χ0) is 13.8. The number of nitrogens with two attached hydrogens (primary N) is 1. The lowest BCUT2D eigenvalue weighted by atomic mass is 10.1. The van der Waals surface area contributed by atoms with E-state index in [0.717, 1.165) is 16.8 Å². The molecule has 0 aliphatic heterocycles.